The van der Waals surface area contributed by atoms with Gasteiger partial charge < -0.3 is 10.1 Å². The quantitative estimate of drug-likeness (QED) is 0.828. The molecule has 0 amide bonds. The van der Waals surface area contributed by atoms with Crippen molar-refractivity contribution in [2.45, 2.75) is 12.5 Å². The number of fused-ring (bicyclic) bond motifs is 1. The number of rotatable bonds is 2. The topological polar surface area (TPSA) is 21.3 Å². The first kappa shape index (κ1) is 9.67. The van der Waals surface area contributed by atoms with Gasteiger partial charge in [-0.2, -0.15) is 0 Å². The highest BCUT2D eigenvalue weighted by Crippen LogP contribution is 2.36. The van der Waals surface area contributed by atoms with Crippen LogP contribution in [0.15, 0.2) is 36.4 Å². The number of methoxy groups -OCH3 is 1. The summed E-state index contributed by atoms with van der Waals surface area (Å²) in [6.07, 6.45) is 1.20. The smallest absolute Gasteiger partial charge is 0.124 e. The lowest BCUT2D eigenvalue weighted by atomic mass is 9.92. The van der Waals surface area contributed by atoms with Crippen LogP contribution in [-0.2, 0) is 0 Å². The Morgan fingerprint density at radius 1 is 1.19 bits per heavy atom. The van der Waals surface area contributed by atoms with Crippen LogP contribution in [0, 0.1) is 0 Å². The highest BCUT2D eigenvalue weighted by atomic mass is 16.5. The fraction of sp³-hybridized carbons (Fsp3) is 0.286. The van der Waals surface area contributed by atoms with Gasteiger partial charge >= 0.3 is 0 Å². The van der Waals surface area contributed by atoms with Crippen LogP contribution >= 0.6 is 0 Å². The van der Waals surface area contributed by atoms with Crippen molar-refractivity contribution in [3.63, 3.8) is 0 Å². The Bertz CT molecular complexity index is 517. The van der Waals surface area contributed by atoms with Gasteiger partial charge in [0, 0.05) is 11.6 Å². The van der Waals surface area contributed by atoms with Crippen molar-refractivity contribution in [3.05, 3.63) is 42.0 Å². The van der Waals surface area contributed by atoms with Gasteiger partial charge in [-0.15, -0.1) is 0 Å². The average molecular weight is 213 g/mol. The van der Waals surface area contributed by atoms with Crippen molar-refractivity contribution >= 4 is 10.8 Å². The summed E-state index contributed by atoms with van der Waals surface area (Å²) in [6, 6.07) is 13.1. The third-order valence-electron chi connectivity index (χ3n) is 3.32. The van der Waals surface area contributed by atoms with Crippen LogP contribution in [-0.4, -0.2) is 13.7 Å². The van der Waals surface area contributed by atoms with Gasteiger partial charge in [-0.05, 0) is 29.8 Å². The predicted molar refractivity (Wildman–Crippen MR) is 65.9 cm³/mol. The van der Waals surface area contributed by atoms with E-state index in [2.05, 4.69) is 41.7 Å². The molecule has 0 spiro atoms. The zero-order valence-electron chi connectivity index (χ0n) is 9.36. The van der Waals surface area contributed by atoms with E-state index in [1.54, 1.807) is 7.11 Å². The molecule has 0 radical (unpaired) electrons. The van der Waals surface area contributed by atoms with Crippen LogP contribution in [0.5, 0.6) is 5.75 Å². The van der Waals surface area contributed by atoms with Crippen molar-refractivity contribution in [2.24, 2.45) is 0 Å². The molecular formula is C14H15NO. The molecule has 1 atom stereocenters. The summed E-state index contributed by atoms with van der Waals surface area (Å²) in [5.74, 6) is 0.996. The molecule has 0 aliphatic carbocycles. The summed E-state index contributed by atoms with van der Waals surface area (Å²) in [4.78, 5) is 0. The molecule has 1 fully saturated rings. The largest absolute Gasteiger partial charge is 0.496 e. The molecule has 1 N–H and O–H groups in total. The molecule has 1 heterocycles. The van der Waals surface area contributed by atoms with Crippen molar-refractivity contribution < 1.29 is 4.74 Å². The number of ether oxygens (including phenoxy) is 1. The summed E-state index contributed by atoms with van der Waals surface area (Å²) >= 11 is 0. The molecule has 2 aromatic carbocycles. The minimum atomic E-state index is 0.459. The summed E-state index contributed by atoms with van der Waals surface area (Å²) in [7, 11) is 1.74. The monoisotopic (exact) mass is 213 g/mol. The number of hydrogen-bond donors (Lipinski definition) is 1. The second-order valence-corrected chi connectivity index (χ2v) is 4.20. The molecule has 2 heteroatoms. The molecule has 2 nitrogen and oxygen atoms in total. The Balaban J connectivity index is 2.25. The van der Waals surface area contributed by atoms with Gasteiger partial charge in [0.2, 0.25) is 0 Å². The summed E-state index contributed by atoms with van der Waals surface area (Å²) < 4.78 is 5.47. The summed E-state index contributed by atoms with van der Waals surface area (Å²) in [5, 5.41) is 6.04. The van der Waals surface area contributed by atoms with E-state index in [-0.39, 0.29) is 0 Å². The van der Waals surface area contributed by atoms with Crippen molar-refractivity contribution in [1.82, 2.24) is 5.32 Å². The minimum Gasteiger partial charge on any atom is -0.496 e. The summed E-state index contributed by atoms with van der Waals surface area (Å²) in [5.41, 5.74) is 1.31. The van der Waals surface area contributed by atoms with Crippen molar-refractivity contribution in [2.75, 3.05) is 13.7 Å². The molecule has 1 aliphatic heterocycles. The standard InChI is InChI=1S/C14H15NO/c1-16-13-7-6-10-4-2-3-5-11(10)14(13)12-8-9-15-12/h2-7,12,15H,8-9H2,1H3/t12-/m1/s1. The van der Waals surface area contributed by atoms with E-state index in [0.29, 0.717) is 6.04 Å². The average Bonchev–Trinajstić information content (AvgIpc) is 2.27. The van der Waals surface area contributed by atoms with Crippen LogP contribution in [0.4, 0.5) is 0 Å². The highest BCUT2D eigenvalue weighted by Gasteiger charge is 2.23. The van der Waals surface area contributed by atoms with E-state index in [1.807, 2.05) is 0 Å². The Morgan fingerprint density at radius 3 is 2.69 bits per heavy atom. The molecule has 16 heavy (non-hydrogen) atoms. The molecule has 0 unspecified atom stereocenters. The SMILES string of the molecule is COc1ccc2ccccc2c1[C@H]1CCN1. The van der Waals surface area contributed by atoms with Gasteiger partial charge in [-0.25, -0.2) is 0 Å². The lowest BCUT2D eigenvalue weighted by molar-refractivity contribution is 0.356. The molecule has 82 valence electrons. The third kappa shape index (κ3) is 1.38. The van der Waals surface area contributed by atoms with Crippen LogP contribution in [0.3, 0.4) is 0 Å². The molecule has 1 saturated heterocycles. The van der Waals surface area contributed by atoms with Gasteiger partial charge in [0.25, 0.3) is 0 Å². The Morgan fingerprint density at radius 2 is 2.00 bits per heavy atom. The Kier molecular flexibility index (Phi) is 2.29. The maximum Gasteiger partial charge on any atom is 0.124 e. The fourth-order valence-electron chi connectivity index (χ4n) is 2.35. The molecular weight excluding hydrogens is 198 g/mol. The van der Waals surface area contributed by atoms with Gasteiger partial charge in [0.05, 0.1) is 7.11 Å². The second-order valence-electron chi connectivity index (χ2n) is 4.20. The number of hydrogen-bond acceptors (Lipinski definition) is 2. The fourth-order valence-corrected chi connectivity index (χ4v) is 2.35. The number of nitrogens with one attached hydrogen (secondary N) is 1. The van der Waals surface area contributed by atoms with Gasteiger partial charge in [-0.1, -0.05) is 30.3 Å². The van der Waals surface area contributed by atoms with Crippen LogP contribution in [0.1, 0.15) is 18.0 Å². The molecule has 0 bridgehead atoms. The normalized spacial score (nSPS) is 19.4. The van der Waals surface area contributed by atoms with Gasteiger partial charge in [-0.3, -0.25) is 0 Å². The van der Waals surface area contributed by atoms with E-state index in [4.69, 9.17) is 4.74 Å². The van der Waals surface area contributed by atoms with E-state index in [9.17, 15) is 0 Å². The predicted octanol–water partition coefficient (Wildman–Crippen LogP) is 2.88. The van der Waals surface area contributed by atoms with Gasteiger partial charge in [0.15, 0.2) is 0 Å². The molecule has 1 aliphatic rings. The first-order valence-electron chi connectivity index (χ1n) is 5.69. The molecule has 3 rings (SSSR count). The second kappa shape index (κ2) is 3.80. The minimum absolute atomic E-state index is 0.459. The van der Waals surface area contributed by atoms with Crippen LogP contribution in [0.25, 0.3) is 10.8 Å². The molecule has 2 aromatic rings. The van der Waals surface area contributed by atoms with Gasteiger partial charge in [0.1, 0.15) is 5.75 Å². The Hall–Kier alpha value is -1.54. The maximum absolute atomic E-state index is 5.47. The first-order chi connectivity index (χ1) is 7.90. The Labute approximate surface area is 95.2 Å². The zero-order chi connectivity index (χ0) is 11.0. The summed E-state index contributed by atoms with van der Waals surface area (Å²) in [6.45, 7) is 1.11. The lowest BCUT2D eigenvalue weighted by Crippen LogP contribution is -2.35. The maximum atomic E-state index is 5.47. The number of benzene rings is 2. The van der Waals surface area contributed by atoms with E-state index >= 15 is 0 Å². The highest BCUT2D eigenvalue weighted by molar-refractivity contribution is 5.88. The van der Waals surface area contributed by atoms with E-state index < -0.39 is 0 Å². The van der Waals surface area contributed by atoms with E-state index in [1.165, 1.54) is 22.8 Å². The van der Waals surface area contributed by atoms with Crippen molar-refractivity contribution in [1.29, 1.82) is 0 Å². The zero-order valence-corrected chi connectivity index (χ0v) is 9.36. The van der Waals surface area contributed by atoms with Crippen LogP contribution < -0.4 is 10.1 Å². The van der Waals surface area contributed by atoms with Crippen LogP contribution in [0.2, 0.25) is 0 Å². The third-order valence-corrected chi connectivity index (χ3v) is 3.32. The molecule has 0 saturated carbocycles. The lowest BCUT2D eigenvalue weighted by Gasteiger charge is -2.30. The van der Waals surface area contributed by atoms with Crippen molar-refractivity contribution in [3.8, 4) is 5.75 Å². The first-order valence-corrected chi connectivity index (χ1v) is 5.69. The molecule has 0 aromatic heterocycles. The van der Waals surface area contributed by atoms with E-state index in [0.717, 1.165) is 12.3 Å².